The van der Waals surface area contributed by atoms with Crippen molar-refractivity contribution in [3.05, 3.63) is 0 Å². The summed E-state index contributed by atoms with van der Waals surface area (Å²) in [5.41, 5.74) is 5.94. The first-order valence-corrected chi connectivity index (χ1v) is 7.82. The second-order valence-electron chi connectivity index (χ2n) is 6.21. The van der Waals surface area contributed by atoms with E-state index in [1.165, 1.54) is 4.90 Å². The molecule has 7 nitrogen and oxygen atoms in total. The number of ether oxygens (including phenoxy) is 1. The fourth-order valence-corrected chi connectivity index (χ4v) is 3.44. The highest BCUT2D eigenvalue weighted by Crippen LogP contribution is 2.20. The molecular weight excluding hydrogens is 272 g/mol. The van der Waals surface area contributed by atoms with E-state index >= 15 is 0 Å². The zero-order valence-electron chi connectivity index (χ0n) is 12.4. The van der Waals surface area contributed by atoms with E-state index in [-0.39, 0.29) is 5.91 Å². The van der Waals surface area contributed by atoms with E-state index in [0.29, 0.717) is 31.8 Å². The van der Waals surface area contributed by atoms with Crippen molar-refractivity contribution < 1.29 is 14.3 Å². The minimum absolute atomic E-state index is 0.140. The van der Waals surface area contributed by atoms with Gasteiger partial charge in [-0.05, 0) is 32.4 Å². The number of hydrogen-bond donors (Lipinski definition) is 1. The molecule has 3 saturated heterocycles. The molecule has 0 aliphatic carbocycles. The van der Waals surface area contributed by atoms with Crippen molar-refractivity contribution in [2.75, 3.05) is 45.9 Å². The first-order valence-electron chi connectivity index (χ1n) is 7.82. The van der Waals surface area contributed by atoms with Crippen LogP contribution in [0.3, 0.4) is 0 Å². The largest absolute Gasteiger partial charge is 0.447 e. The normalized spacial score (nSPS) is 29.1. The summed E-state index contributed by atoms with van der Waals surface area (Å²) >= 11 is 0. The predicted molar refractivity (Wildman–Crippen MR) is 76.7 cm³/mol. The maximum absolute atomic E-state index is 12.1. The summed E-state index contributed by atoms with van der Waals surface area (Å²) in [5.74, 6) is -0.140. The van der Waals surface area contributed by atoms with E-state index in [0.717, 1.165) is 45.4 Å². The van der Waals surface area contributed by atoms with Crippen LogP contribution in [0.1, 0.15) is 19.3 Å². The predicted octanol–water partition coefficient (Wildman–Crippen LogP) is -0.537. The molecule has 0 spiro atoms. The van der Waals surface area contributed by atoms with Crippen LogP contribution >= 0.6 is 0 Å². The molecule has 0 aromatic heterocycles. The number of carbonyl (C=O) groups excluding carboxylic acids is 2. The summed E-state index contributed by atoms with van der Waals surface area (Å²) in [6.07, 6.45) is 2.72. The number of piperidine rings is 1. The van der Waals surface area contributed by atoms with Crippen LogP contribution in [0.2, 0.25) is 0 Å². The van der Waals surface area contributed by atoms with Crippen LogP contribution in [-0.2, 0) is 9.53 Å². The average Bonchev–Trinajstić information content (AvgIpc) is 3.09. The number of nitrogens with two attached hydrogens (primary N) is 1. The van der Waals surface area contributed by atoms with Crippen LogP contribution in [0.25, 0.3) is 0 Å². The lowest BCUT2D eigenvalue weighted by Gasteiger charge is -2.34. The van der Waals surface area contributed by atoms with Gasteiger partial charge >= 0.3 is 6.09 Å². The number of rotatable bonds is 3. The summed E-state index contributed by atoms with van der Waals surface area (Å²) in [6.45, 7) is 4.98. The molecule has 0 aromatic carbocycles. The molecule has 7 heteroatoms. The Bertz CT molecular complexity index is 409. The minimum atomic E-state index is -0.499. The Kier molecular flexibility index (Phi) is 4.42. The number of likely N-dealkylation sites (tertiary alicyclic amines) is 2. The van der Waals surface area contributed by atoms with Gasteiger partial charge < -0.3 is 10.5 Å². The molecule has 2 amide bonds. The summed E-state index contributed by atoms with van der Waals surface area (Å²) in [5, 5.41) is 0. The molecule has 1 atom stereocenters. The van der Waals surface area contributed by atoms with Crippen LogP contribution in [-0.4, -0.2) is 84.7 Å². The fourth-order valence-electron chi connectivity index (χ4n) is 3.44. The molecule has 21 heavy (non-hydrogen) atoms. The van der Waals surface area contributed by atoms with Gasteiger partial charge in [0.25, 0.3) is 0 Å². The summed E-state index contributed by atoms with van der Waals surface area (Å²) in [6, 6.07) is 0.873. The van der Waals surface area contributed by atoms with Gasteiger partial charge in [0.05, 0.1) is 13.1 Å². The van der Waals surface area contributed by atoms with Gasteiger partial charge in [0.1, 0.15) is 6.61 Å². The SMILES string of the molecule is NC1CCN(C2CCN(CC(=O)N3CCOC3=O)C2)CC1. The van der Waals surface area contributed by atoms with Gasteiger partial charge in [-0.2, -0.15) is 0 Å². The van der Waals surface area contributed by atoms with Gasteiger partial charge in [0, 0.05) is 25.2 Å². The lowest BCUT2D eigenvalue weighted by molar-refractivity contribution is -0.128. The molecule has 0 saturated carbocycles. The zero-order valence-corrected chi connectivity index (χ0v) is 12.4. The maximum atomic E-state index is 12.1. The van der Waals surface area contributed by atoms with Crippen molar-refractivity contribution in [2.45, 2.75) is 31.3 Å². The molecule has 3 rings (SSSR count). The molecular formula is C14H24N4O3. The third-order valence-corrected chi connectivity index (χ3v) is 4.76. The third kappa shape index (κ3) is 3.36. The summed E-state index contributed by atoms with van der Waals surface area (Å²) < 4.78 is 4.80. The molecule has 2 N–H and O–H groups in total. The summed E-state index contributed by atoms with van der Waals surface area (Å²) in [7, 11) is 0. The Hall–Kier alpha value is -1.18. The lowest BCUT2D eigenvalue weighted by atomic mass is 10.0. The number of cyclic esters (lactones) is 1. The number of nitrogens with zero attached hydrogens (tertiary/aromatic N) is 3. The number of carbonyl (C=O) groups is 2. The molecule has 1 unspecified atom stereocenters. The van der Waals surface area contributed by atoms with Gasteiger partial charge in [0.2, 0.25) is 5.91 Å². The van der Waals surface area contributed by atoms with Gasteiger partial charge in [-0.3, -0.25) is 14.6 Å². The Morgan fingerprint density at radius 2 is 1.95 bits per heavy atom. The number of amides is 2. The highest BCUT2D eigenvalue weighted by molar-refractivity contribution is 5.94. The van der Waals surface area contributed by atoms with E-state index in [9.17, 15) is 9.59 Å². The van der Waals surface area contributed by atoms with Crippen LogP contribution in [0.5, 0.6) is 0 Å². The van der Waals surface area contributed by atoms with Crippen molar-refractivity contribution in [2.24, 2.45) is 5.73 Å². The highest BCUT2D eigenvalue weighted by Gasteiger charge is 2.33. The Labute approximate surface area is 125 Å². The molecule has 118 valence electrons. The van der Waals surface area contributed by atoms with E-state index in [1.807, 2.05) is 0 Å². The summed E-state index contributed by atoms with van der Waals surface area (Å²) in [4.78, 5) is 29.3. The van der Waals surface area contributed by atoms with E-state index in [4.69, 9.17) is 10.5 Å². The van der Waals surface area contributed by atoms with Crippen molar-refractivity contribution in [3.63, 3.8) is 0 Å². The van der Waals surface area contributed by atoms with Crippen molar-refractivity contribution >= 4 is 12.0 Å². The fraction of sp³-hybridized carbons (Fsp3) is 0.857. The zero-order chi connectivity index (χ0) is 14.8. The molecule has 0 bridgehead atoms. The molecule has 3 fully saturated rings. The van der Waals surface area contributed by atoms with Crippen LogP contribution in [0.15, 0.2) is 0 Å². The van der Waals surface area contributed by atoms with Crippen LogP contribution in [0, 0.1) is 0 Å². The average molecular weight is 296 g/mol. The van der Waals surface area contributed by atoms with Crippen molar-refractivity contribution in [1.29, 1.82) is 0 Å². The minimum Gasteiger partial charge on any atom is -0.447 e. The van der Waals surface area contributed by atoms with Crippen molar-refractivity contribution in [1.82, 2.24) is 14.7 Å². The van der Waals surface area contributed by atoms with E-state index in [2.05, 4.69) is 9.80 Å². The number of imide groups is 1. The standard InChI is InChI=1S/C14H24N4O3/c15-11-1-5-17(6-2-11)12-3-4-16(9-12)10-13(19)18-7-8-21-14(18)20/h11-12H,1-10,15H2. The molecule has 0 aromatic rings. The van der Waals surface area contributed by atoms with Crippen LogP contribution < -0.4 is 5.73 Å². The first-order chi connectivity index (χ1) is 10.1. The highest BCUT2D eigenvalue weighted by atomic mass is 16.6. The Balaban J connectivity index is 1.46. The van der Waals surface area contributed by atoms with Gasteiger partial charge in [0.15, 0.2) is 0 Å². The second kappa shape index (κ2) is 6.29. The van der Waals surface area contributed by atoms with Gasteiger partial charge in [-0.1, -0.05) is 0 Å². The smallest absolute Gasteiger partial charge is 0.416 e. The van der Waals surface area contributed by atoms with E-state index < -0.39 is 6.09 Å². The number of hydrogen-bond acceptors (Lipinski definition) is 6. The topological polar surface area (TPSA) is 79.1 Å². The van der Waals surface area contributed by atoms with Crippen molar-refractivity contribution in [3.8, 4) is 0 Å². The Morgan fingerprint density at radius 3 is 2.62 bits per heavy atom. The Morgan fingerprint density at radius 1 is 1.19 bits per heavy atom. The molecule has 0 radical (unpaired) electrons. The molecule has 3 aliphatic heterocycles. The van der Waals surface area contributed by atoms with E-state index in [1.54, 1.807) is 0 Å². The lowest BCUT2D eigenvalue weighted by Crippen LogP contribution is -2.46. The van der Waals surface area contributed by atoms with Gasteiger partial charge in [-0.25, -0.2) is 9.69 Å². The molecule has 3 heterocycles. The maximum Gasteiger partial charge on any atom is 0.416 e. The first kappa shape index (κ1) is 14.7. The quantitative estimate of drug-likeness (QED) is 0.754. The monoisotopic (exact) mass is 296 g/mol. The van der Waals surface area contributed by atoms with Crippen LogP contribution in [0.4, 0.5) is 4.79 Å². The molecule has 3 aliphatic rings. The third-order valence-electron chi connectivity index (χ3n) is 4.76. The van der Waals surface area contributed by atoms with Gasteiger partial charge in [-0.15, -0.1) is 0 Å². The second-order valence-corrected chi connectivity index (χ2v) is 6.21.